The Hall–Kier alpha value is -1.55. The van der Waals surface area contributed by atoms with E-state index in [1.54, 1.807) is 0 Å². The largest absolute Gasteiger partial charge is 0.489 e. The third-order valence-corrected chi connectivity index (χ3v) is 3.55. The number of hydrogen-bond donors (Lipinski definition) is 2. The molecule has 0 aromatic heterocycles. The molecule has 4 nitrogen and oxygen atoms in total. The number of para-hydroxylation sites is 1. The van der Waals surface area contributed by atoms with Crippen LogP contribution in [0.5, 0.6) is 5.75 Å². The Labute approximate surface area is 121 Å². The molecule has 1 amide bonds. The van der Waals surface area contributed by atoms with Gasteiger partial charge in [-0.2, -0.15) is 0 Å². The van der Waals surface area contributed by atoms with Crippen molar-refractivity contribution in [1.82, 2.24) is 5.32 Å². The van der Waals surface area contributed by atoms with Gasteiger partial charge in [-0.3, -0.25) is 4.79 Å². The van der Waals surface area contributed by atoms with Crippen LogP contribution in [-0.2, 0) is 4.79 Å². The summed E-state index contributed by atoms with van der Waals surface area (Å²) in [6.45, 7) is 8.40. The van der Waals surface area contributed by atoms with Crippen molar-refractivity contribution in [3.63, 3.8) is 0 Å². The molecule has 0 saturated heterocycles. The summed E-state index contributed by atoms with van der Waals surface area (Å²) in [7, 11) is 0. The molecule has 0 saturated carbocycles. The molecule has 1 aromatic carbocycles. The van der Waals surface area contributed by atoms with Crippen LogP contribution < -0.4 is 15.8 Å². The highest BCUT2D eigenvalue weighted by atomic mass is 16.5. The molecule has 0 aliphatic carbocycles. The van der Waals surface area contributed by atoms with Crippen LogP contribution in [0.1, 0.15) is 32.8 Å². The van der Waals surface area contributed by atoms with Crippen LogP contribution in [-0.4, -0.2) is 24.6 Å². The van der Waals surface area contributed by atoms with E-state index >= 15 is 0 Å². The Morgan fingerprint density at radius 2 is 2.00 bits per heavy atom. The number of carbonyl (C=O) groups excluding carboxylic acids is 1. The lowest BCUT2D eigenvalue weighted by Gasteiger charge is -2.20. The quantitative estimate of drug-likeness (QED) is 0.804. The number of nitrogens with one attached hydrogen (secondary N) is 1. The maximum atomic E-state index is 11.9. The molecule has 112 valence electrons. The van der Waals surface area contributed by atoms with Crippen molar-refractivity contribution in [2.75, 3.05) is 6.54 Å². The van der Waals surface area contributed by atoms with E-state index in [0.717, 1.165) is 17.7 Å². The maximum Gasteiger partial charge on any atom is 0.237 e. The van der Waals surface area contributed by atoms with Gasteiger partial charge in [0.15, 0.2) is 0 Å². The molecule has 0 aliphatic heterocycles. The van der Waals surface area contributed by atoms with E-state index in [1.807, 2.05) is 52.0 Å². The smallest absolute Gasteiger partial charge is 0.237 e. The predicted octanol–water partition coefficient (Wildman–Crippen LogP) is 2.25. The number of rotatable bonds is 7. The number of aryl methyl sites for hydroxylation is 1. The van der Waals surface area contributed by atoms with Gasteiger partial charge in [-0.1, -0.05) is 38.5 Å². The fourth-order valence-corrected chi connectivity index (χ4v) is 1.82. The van der Waals surface area contributed by atoms with E-state index in [4.69, 9.17) is 10.5 Å². The van der Waals surface area contributed by atoms with Crippen LogP contribution in [0.3, 0.4) is 0 Å². The third kappa shape index (κ3) is 4.85. The molecule has 0 spiro atoms. The summed E-state index contributed by atoms with van der Waals surface area (Å²) in [5, 5.41) is 2.85. The van der Waals surface area contributed by atoms with Gasteiger partial charge < -0.3 is 15.8 Å². The Balaban J connectivity index is 2.42. The fraction of sp³-hybridized carbons (Fsp3) is 0.562. The van der Waals surface area contributed by atoms with Crippen LogP contribution >= 0.6 is 0 Å². The standard InChI is InChI=1S/C16H26N2O2/c1-5-11(2)15(17)16(19)18-10-13(4)20-14-9-7-6-8-12(14)3/h6-9,11,13,15H,5,10,17H2,1-4H3,(H,18,19). The van der Waals surface area contributed by atoms with Gasteiger partial charge >= 0.3 is 0 Å². The average Bonchev–Trinajstić information content (AvgIpc) is 2.45. The fourth-order valence-electron chi connectivity index (χ4n) is 1.82. The molecular weight excluding hydrogens is 252 g/mol. The van der Waals surface area contributed by atoms with Crippen LogP contribution in [0, 0.1) is 12.8 Å². The minimum Gasteiger partial charge on any atom is -0.489 e. The van der Waals surface area contributed by atoms with Crippen molar-refractivity contribution in [3.8, 4) is 5.75 Å². The Bertz CT molecular complexity index is 434. The van der Waals surface area contributed by atoms with E-state index in [2.05, 4.69) is 5.32 Å². The molecule has 0 bridgehead atoms. The Morgan fingerprint density at radius 1 is 1.35 bits per heavy atom. The number of ether oxygens (including phenoxy) is 1. The number of nitrogens with two attached hydrogens (primary N) is 1. The van der Waals surface area contributed by atoms with E-state index in [9.17, 15) is 4.79 Å². The number of amides is 1. The normalized spacial score (nSPS) is 15.2. The van der Waals surface area contributed by atoms with Gasteiger partial charge in [-0.25, -0.2) is 0 Å². The lowest BCUT2D eigenvalue weighted by atomic mass is 9.99. The van der Waals surface area contributed by atoms with Gasteiger partial charge in [0.05, 0.1) is 12.6 Å². The van der Waals surface area contributed by atoms with Gasteiger partial charge in [-0.15, -0.1) is 0 Å². The zero-order valence-electron chi connectivity index (χ0n) is 12.8. The Kier molecular flexibility index (Phi) is 6.52. The predicted molar refractivity (Wildman–Crippen MR) is 81.7 cm³/mol. The molecule has 3 atom stereocenters. The van der Waals surface area contributed by atoms with Crippen LogP contribution in [0.4, 0.5) is 0 Å². The maximum absolute atomic E-state index is 11.9. The topological polar surface area (TPSA) is 64.4 Å². The van der Waals surface area contributed by atoms with Crippen molar-refractivity contribution in [2.24, 2.45) is 11.7 Å². The van der Waals surface area contributed by atoms with Gasteiger partial charge in [0.2, 0.25) is 5.91 Å². The van der Waals surface area contributed by atoms with Crippen molar-refractivity contribution in [3.05, 3.63) is 29.8 Å². The molecule has 20 heavy (non-hydrogen) atoms. The summed E-state index contributed by atoms with van der Waals surface area (Å²) in [5.41, 5.74) is 6.97. The van der Waals surface area contributed by atoms with E-state index < -0.39 is 6.04 Å². The van der Waals surface area contributed by atoms with E-state index in [-0.39, 0.29) is 17.9 Å². The summed E-state index contributed by atoms with van der Waals surface area (Å²) in [6, 6.07) is 7.38. The first kappa shape index (κ1) is 16.5. The highest BCUT2D eigenvalue weighted by Gasteiger charge is 2.19. The summed E-state index contributed by atoms with van der Waals surface area (Å²) in [4.78, 5) is 11.9. The van der Waals surface area contributed by atoms with Gasteiger partial charge in [0.25, 0.3) is 0 Å². The first-order valence-electron chi connectivity index (χ1n) is 7.21. The molecule has 0 fully saturated rings. The van der Waals surface area contributed by atoms with Crippen LogP contribution in [0.2, 0.25) is 0 Å². The summed E-state index contributed by atoms with van der Waals surface area (Å²) in [6.07, 6.45) is 0.799. The summed E-state index contributed by atoms with van der Waals surface area (Å²) in [5.74, 6) is 0.919. The molecule has 1 aromatic rings. The summed E-state index contributed by atoms with van der Waals surface area (Å²) >= 11 is 0. The Morgan fingerprint density at radius 3 is 2.60 bits per heavy atom. The zero-order valence-corrected chi connectivity index (χ0v) is 12.8. The van der Waals surface area contributed by atoms with E-state index in [0.29, 0.717) is 6.54 Å². The second-order valence-corrected chi connectivity index (χ2v) is 5.35. The molecule has 1 rings (SSSR count). The second-order valence-electron chi connectivity index (χ2n) is 5.35. The minimum atomic E-state index is -0.453. The molecule has 3 unspecified atom stereocenters. The average molecular weight is 278 g/mol. The number of benzene rings is 1. The third-order valence-electron chi connectivity index (χ3n) is 3.55. The SMILES string of the molecule is CCC(C)C(N)C(=O)NCC(C)Oc1ccccc1C. The lowest BCUT2D eigenvalue weighted by Crippen LogP contribution is -2.47. The molecule has 0 heterocycles. The van der Waals surface area contributed by atoms with Gasteiger partial charge in [-0.05, 0) is 31.4 Å². The lowest BCUT2D eigenvalue weighted by molar-refractivity contribution is -0.123. The van der Waals surface area contributed by atoms with Crippen molar-refractivity contribution in [1.29, 1.82) is 0 Å². The van der Waals surface area contributed by atoms with Gasteiger partial charge in [0.1, 0.15) is 11.9 Å². The number of hydrogen-bond acceptors (Lipinski definition) is 3. The van der Waals surface area contributed by atoms with Crippen LogP contribution in [0.15, 0.2) is 24.3 Å². The molecule has 4 heteroatoms. The van der Waals surface area contributed by atoms with Crippen molar-refractivity contribution < 1.29 is 9.53 Å². The van der Waals surface area contributed by atoms with Gasteiger partial charge in [0, 0.05) is 0 Å². The van der Waals surface area contributed by atoms with Crippen LogP contribution in [0.25, 0.3) is 0 Å². The highest BCUT2D eigenvalue weighted by Crippen LogP contribution is 2.17. The monoisotopic (exact) mass is 278 g/mol. The minimum absolute atomic E-state index is 0.0933. The first-order chi connectivity index (χ1) is 9.45. The first-order valence-corrected chi connectivity index (χ1v) is 7.21. The van der Waals surface area contributed by atoms with Crippen molar-refractivity contribution in [2.45, 2.75) is 46.3 Å². The van der Waals surface area contributed by atoms with E-state index in [1.165, 1.54) is 0 Å². The molecule has 0 radical (unpaired) electrons. The molecule has 3 N–H and O–H groups in total. The van der Waals surface area contributed by atoms with Crippen molar-refractivity contribution >= 4 is 5.91 Å². The molecular formula is C16H26N2O2. The summed E-state index contributed by atoms with van der Waals surface area (Å²) < 4.78 is 5.81. The number of carbonyl (C=O) groups is 1. The highest BCUT2D eigenvalue weighted by molar-refractivity contribution is 5.81. The second kappa shape index (κ2) is 7.90. The zero-order chi connectivity index (χ0) is 15.1. The molecule has 0 aliphatic rings.